The van der Waals surface area contributed by atoms with Gasteiger partial charge in [0.1, 0.15) is 10.6 Å². The summed E-state index contributed by atoms with van der Waals surface area (Å²) in [4.78, 5) is 36.1. The van der Waals surface area contributed by atoms with E-state index in [1.165, 1.54) is 16.6 Å². The van der Waals surface area contributed by atoms with E-state index in [-0.39, 0.29) is 5.91 Å². The van der Waals surface area contributed by atoms with Crippen LogP contribution >= 0.6 is 23.1 Å². The normalized spacial score (nSPS) is 14.6. The van der Waals surface area contributed by atoms with Crippen LogP contribution in [0.1, 0.15) is 10.4 Å². The lowest BCUT2D eigenvalue weighted by molar-refractivity contribution is -0.128. The summed E-state index contributed by atoms with van der Waals surface area (Å²) in [6.45, 7) is 6.85. The Labute approximate surface area is 171 Å². The summed E-state index contributed by atoms with van der Waals surface area (Å²) >= 11 is 2.95. The molecule has 0 saturated carbocycles. The molecule has 3 aromatic heterocycles. The Kier molecular flexibility index (Phi) is 5.31. The van der Waals surface area contributed by atoms with E-state index in [0.29, 0.717) is 35.8 Å². The zero-order chi connectivity index (χ0) is 19.7. The van der Waals surface area contributed by atoms with Gasteiger partial charge in [0, 0.05) is 43.4 Å². The number of rotatable bonds is 4. The largest absolute Gasteiger partial charge is 0.383 e. The van der Waals surface area contributed by atoms with Gasteiger partial charge in [-0.1, -0.05) is 11.8 Å². The van der Waals surface area contributed by atoms with Crippen LogP contribution in [-0.2, 0) is 4.79 Å². The molecule has 0 atom stereocenters. The van der Waals surface area contributed by atoms with Crippen molar-refractivity contribution in [2.24, 2.45) is 0 Å². The molecular weight excluding hydrogens is 394 g/mol. The molecule has 0 bridgehead atoms. The molecule has 1 amide bonds. The third-order valence-corrected chi connectivity index (χ3v) is 6.76. The van der Waals surface area contributed by atoms with Gasteiger partial charge >= 0.3 is 0 Å². The molecule has 0 aliphatic carbocycles. The molecule has 0 spiro atoms. The minimum atomic E-state index is 0.0828. The summed E-state index contributed by atoms with van der Waals surface area (Å²) in [6, 6.07) is 1.80. The minimum Gasteiger partial charge on any atom is -0.383 e. The van der Waals surface area contributed by atoms with Crippen molar-refractivity contribution in [3.05, 3.63) is 28.9 Å². The van der Waals surface area contributed by atoms with Gasteiger partial charge in [0.15, 0.2) is 5.16 Å². The second-order valence-electron chi connectivity index (χ2n) is 6.56. The number of carbonyl (C=O) groups is 1. The molecule has 0 unspecified atom stereocenters. The number of nitrogens with zero attached hydrogens (tertiary/aromatic N) is 6. The summed E-state index contributed by atoms with van der Waals surface area (Å²) in [5.41, 5.74) is 7.25. The summed E-state index contributed by atoms with van der Waals surface area (Å²) in [6.07, 6.45) is 3.46. The van der Waals surface area contributed by atoms with Crippen molar-refractivity contribution in [3.8, 4) is 0 Å². The number of nitrogen functional groups attached to an aromatic ring is 1. The Hall–Kier alpha value is -2.46. The number of anilines is 2. The molecule has 1 aliphatic rings. The second-order valence-corrected chi connectivity index (χ2v) is 8.71. The molecule has 1 fully saturated rings. The standard InChI is InChI=1S/C18H21N7OS2/c1-11-12(2)28-16-14(11)15(19)22-18(23-16)27-10-13(26)24-6-8-25(9-7-24)17-20-4-3-5-21-17/h3-5H,6-10H2,1-2H3,(H2,19,22,23). The summed E-state index contributed by atoms with van der Waals surface area (Å²) < 4.78 is 0. The summed E-state index contributed by atoms with van der Waals surface area (Å²) in [5, 5.41) is 1.48. The van der Waals surface area contributed by atoms with E-state index in [1.807, 2.05) is 11.8 Å². The van der Waals surface area contributed by atoms with E-state index in [4.69, 9.17) is 5.73 Å². The van der Waals surface area contributed by atoms with Crippen molar-refractivity contribution in [2.45, 2.75) is 19.0 Å². The zero-order valence-electron chi connectivity index (χ0n) is 15.8. The molecule has 3 aromatic rings. The summed E-state index contributed by atoms with van der Waals surface area (Å²) in [7, 11) is 0. The fourth-order valence-electron chi connectivity index (χ4n) is 3.15. The predicted molar refractivity (Wildman–Crippen MR) is 113 cm³/mol. The van der Waals surface area contributed by atoms with Crippen LogP contribution in [0.5, 0.6) is 0 Å². The molecule has 1 aliphatic heterocycles. The van der Waals surface area contributed by atoms with E-state index < -0.39 is 0 Å². The number of hydrogen-bond acceptors (Lipinski definition) is 9. The fraction of sp³-hybridized carbons (Fsp3) is 0.389. The van der Waals surface area contributed by atoms with Crippen LogP contribution in [0.4, 0.5) is 11.8 Å². The van der Waals surface area contributed by atoms with Gasteiger partial charge in [0.05, 0.1) is 11.1 Å². The van der Waals surface area contributed by atoms with E-state index >= 15 is 0 Å². The smallest absolute Gasteiger partial charge is 0.233 e. The second kappa shape index (κ2) is 7.88. The highest BCUT2D eigenvalue weighted by atomic mass is 32.2. The molecule has 4 rings (SSSR count). The zero-order valence-corrected chi connectivity index (χ0v) is 17.4. The average molecular weight is 416 g/mol. The number of aromatic nitrogens is 4. The average Bonchev–Trinajstić information content (AvgIpc) is 3.01. The molecule has 146 valence electrons. The van der Waals surface area contributed by atoms with Crippen molar-refractivity contribution < 1.29 is 4.79 Å². The van der Waals surface area contributed by atoms with Gasteiger partial charge in [-0.15, -0.1) is 11.3 Å². The number of amides is 1. The Morgan fingerprint density at radius 3 is 2.61 bits per heavy atom. The van der Waals surface area contributed by atoms with Crippen molar-refractivity contribution in [3.63, 3.8) is 0 Å². The first-order chi connectivity index (χ1) is 13.5. The van der Waals surface area contributed by atoms with E-state index in [9.17, 15) is 4.79 Å². The van der Waals surface area contributed by atoms with Gasteiger partial charge in [-0.3, -0.25) is 4.79 Å². The molecule has 28 heavy (non-hydrogen) atoms. The van der Waals surface area contributed by atoms with E-state index in [0.717, 1.165) is 28.9 Å². The van der Waals surface area contributed by atoms with Gasteiger partial charge < -0.3 is 15.5 Å². The molecule has 0 aromatic carbocycles. The number of thiophene rings is 1. The van der Waals surface area contributed by atoms with E-state index in [1.54, 1.807) is 29.8 Å². The first-order valence-electron chi connectivity index (χ1n) is 8.98. The molecule has 4 heterocycles. The maximum atomic E-state index is 12.6. The highest BCUT2D eigenvalue weighted by Crippen LogP contribution is 2.33. The van der Waals surface area contributed by atoms with Crippen LogP contribution in [0, 0.1) is 13.8 Å². The Morgan fingerprint density at radius 2 is 1.89 bits per heavy atom. The molecule has 0 radical (unpaired) electrons. The molecular formula is C18H21N7OS2. The van der Waals surface area contributed by atoms with Crippen molar-refractivity contribution in [1.29, 1.82) is 0 Å². The van der Waals surface area contributed by atoms with Crippen molar-refractivity contribution >= 4 is 51.0 Å². The number of piperazine rings is 1. The van der Waals surface area contributed by atoms with Crippen molar-refractivity contribution in [1.82, 2.24) is 24.8 Å². The molecule has 10 heteroatoms. The van der Waals surface area contributed by atoms with Crippen LogP contribution < -0.4 is 10.6 Å². The fourth-order valence-corrected chi connectivity index (χ4v) is 5.00. The van der Waals surface area contributed by atoms with Gasteiger partial charge in [-0.2, -0.15) is 0 Å². The number of aryl methyl sites for hydroxylation is 2. The maximum Gasteiger partial charge on any atom is 0.233 e. The molecule has 2 N–H and O–H groups in total. The monoisotopic (exact) mass is 415 g/mol. The van der Waals surface area contributed by atoms with Gasteiger partial charge in [-0.25, -0.2) is 19.9 Å². The highest BCUT2D eigenvalue weighted by molar-refractivity contribution is 7.99. The summed E-state index contributed by atoms with van der Waals surface area (Å²) in [5.74, 6) is 1.58. The Bertz CT molecular complexity index is 1000. The van der Waals surface area contributed by atoms with Crippen LogP contribution in [0.15, 0.2) is 23.6 Å². The highest BCUT2D eigenvalue weighted by Gasteiger charge is 2.23. The van der Waals surface area contributed by atoms with Crippen LogP contribution in [-0.4, -0.2) is 62.7 Å². The minimum absolute atomic E-state index is 0.0828. The number of nitrogens with two attached hydrogens (primary N) is 1. The van der Waals surface area contributed by atoms with Crippen molar-refractivity contribution in [2.75, 3.05) is 42.6 Å². The van der Waals surface area contributed by atoms with Crippen LogP contribution in [0.3, 0.4) is 0 Å². The SMILES string of the molecule is Cc1sc2nc(SCC(=O)N3CCN(c4ncccn4)CC3)nc(N)c2c1C. The third kappa shape index (κ3) is 3.74. The number of fused-ring (bicyclic) bond motifs is 1. The number of hydrogen-bond donors (Lipinski definition) is 1. The van der Waals surface area contributed by atoms with Gasteiger partial charge in [-0.05, 0) is 25.5 Å². The lowest BCUT2D eigenvalue weighted by Gasteiger charge is -2.34. The Morgan fingerprint density at radius 1 is 1.18 bits per heavy atom. The van der Waals surface area contributed by atoms with Gasteiger partial charge in [0.2, 0.25) is 11.9 Å². The van der Waals surface area contributed by atoms with Crippen LogP contribution in [0.2, 0.25) is 0 Å². The predicted octanol–water partition coefficient (Wildman–Crippen LogP) is 2.12. The number of thioether (sulfide) groups is 1. The number of carbonyl (C=O) groups excluding carboxylic acids is 1. The van der Waals surface area contributed by atoms with Gasteiger partial charge in [0.25, 0.3) is 0 Å². The maximum absolute atomic E-state index is 12.6. The quantitative estimate of drug-likeness (QED) is 0.511. The Balaban J connectivity index is 1.35. The first-order valence-corrected chi connectivity index (χ1v) is 10.8. The lowest BCUT2D eigenvalue weighted by Crippen LogP contribution is -2.49. The van der Waals surface area contributed by atoms with E-state index in [2.05, 4.69) is 31.8 Å². The third-order valence-electron chi connectivity index (χ3n) is 4.83. The lowest BCUT2D eigenvalue weighted by atomic mass is 10.2. The topological polar surface area (TPSA) is 101 Å². The van der Waals surface area contributed by atoms with Crippen LogP contribution in [0.25, 0.3) is 10.2 Å². The molecule has 8 nitrogen and oxygen atoms in total. The molecule has 1 saturated heterocycles. The first kappa shape index (κ1) is 18.9.